The number of aliphatic hydroxyl groups excluding tert-OH is 1. The number of benzene rings is 2. The van der Waals surface area contributed by atoms with Crippen LogP contribution in [0.5, 0.6) is 0 Å². The summed E-state index contributed by atoms with van der Waals surface area (Å²) in [7, 11) is -2.77. The van der Waals surface area contributed by atoms with Gasteiger partial charge in [-0.25, -0.2) is 0 Å². The standard InChI is InChI=1S/C24H34O4Si/c1-5-18-27-23(26)19-20(16-17-25)28-29(24(2,3)4,21-12-8-6-9-13-21)22-14-10-7-11-15-22/h6-15,20,25H,5,16-19H2,1-4H3. The summed E-state index contributed by atoms with van der Waals surface area (Å²) in [5.41, 5.74) is 0. The van der Waals surface area contributed by atoms with Crippen LogP contribution in [0, 0.1) is 0 Å². The minimum atomic E-state index is -2.77. The molecule has 0 spiro atoms. The van der Waals surface area contributed by atoms with Gasteiger partial charge in [0.15, 0.2) is 0 Å². The van der Waals surface area contributed by atoms with E-state index < -0.39 is 14.4 Å². The predicted octanol–water partition coefficient (Wildman–Crippen LogP) is 3.66. The van der Waals surface area contributed by atoms with Gasteiger partial charge in [-0.15, -0.1) is 0 Å². The van der Waals surface area contributed by atoms with Crippen LogP contribution in [0.2, 0.25) is 5.04 Å². The number of carbonyl (C=O) groups is 1. The Morgan fingerprint density at radius 1 is 1.00 bits per heavy atom. The molecule has 2 aromatic rings. The molecule has 0 aromatic heterocycles. The summed E-state index contributed by atoms with van der Waals surface area (Å²) in [6.07, 6.45) is 0.915. The molecule has 0 aliphatic heterocycles. The van der Waals surface area contributed by atoms with Gasteiger partial charge in [0.1, 0.15) is 0 Å². The van der Waals surface area contributed by atoms with Crippen LogP contribution in [0.15, 0.2) is 60.7 Å². The summed E-state index contributed by atoms with van der Waals surface area (Å²) < 4.78 is 12.2. The summed E-state index contributed by atoms with van der Waals surface area (Å²) in [5, 5.41) is 11.8. The molecule has 0 saturated heterocycles. The van der Waals surface area contributed by atoms with Crippen LogP contribution in [0.1, 0.15) is 47.0 Å². The molecule has 1 unspecified atom stereocenters. The lowest BCUT2D eigenvalue weighted by atomic mass is 10.2. The van der Waals surface area contributed by atoms with Gasteiger partial charge in [-0.3, -0.25) is 4.79 Å². The van der Waals surface area contributed by atoms with Crippen molar-refractivity contribution >= 4 is 24.7 Å². The van der Waals surface area contributed by atoms with Gasteiger partial charge in [0.2, 0.25) is 0 Å². The van der Waals surface area contributed by atoms with Crippen LogP contribution < -0.4 is 10.4 Å². The van der Waals surface area contributed by atoms with Gasteiger partial charge in [0, 0.05) is 6.61 Å². The smallest absolute Gasteiger partial charge is 0.308 e. The molecule has 0 amide bonds. The third-order valence-corrected chi connectivity index (χ3v) is 10.2. The van der Waals surface area contributed by atoms with Crippen molar-refractivity contribution in [1.29, 1.82) is 0 Å². The second kappa shape index (κ2) is 10.7. The summed E-state index contributed by atoms with van der Waals surface area (Å²) in [4.78, 5) is 12.3. The highest BCUT2D eigenvalue weighted by molar-refractivity contribution is 6.99. The molecule has 5 heteroatoms. The second-order valence-corrected chi connectivity index (χ2v) is 12.6. The van der Waals surface area contributed by atoms with E-state index in [-0.39, 0.29) is 24.0 Å². The quantitative estimate of drug-likeness (QED) is 0.476. The number of aliphatic hydroxyl groups is 1. The van der Waals surface area contributed by atoms with Gasteiger partial charge in [0.05, 0.1) is 19.1 Å². The van der Waals surface area contributed by atoms with E-state index in [0.717, 1.165) is 16.8 Å². The maximum absolute atomic E-state index is 12.3. The Hall–Kier alpha value is -1.95. The maximum Gasteiger partial charge on any atom is 0.308 e. The first kappa shape index (κ1) is 23.3. The Bertz CT molecular complexity index is 701. The lowest BCUT2D eigenvalue weighted by Gasteiger charge is -2.45. The zero-order valence-corrected chi connectivity index (χ0v) is 19.1. The summed E-state index contributed by atoms with van der Waals surface area (Å²) in [6, 6.07) is 20.6. The summed E-state index contributed by atoms with van der Waals surface area (Å²) >= 11 is 0. The molecule has 0 aliphatic carbocycles. The van der Waals surface area contributed by atoms with Gasteiger partial charge in [0.25, 0.3) is 8.32 Å². The first-order valence-electron chi connectivity index (χ1n) is 10.4. The molecule has 0 heterocycles. The highest BCUT2D eigenvalue weighted by Crippen LogP contribution is 2.38. The minimum absolute atomic E-state index is 0.0378. The van der Waals surface area contributed by atoms with E-state index in [0.29, 0.717) is 13.0 Å². The summed E-state index contributed by atoms with van der Waals surface area (Å²) in [6.45, 7) is 8.94. The predicted molar refractivity (Wildman–Crippen MR) is 120 cm³/mol. The third kappa shape index (κ3) is 5.78. The molecular formula is C24H34O4Si. The molecule has 0 radical (unpaired) electrons. The zero-order valence-electron chi connectivity index (χ0n) is 18.1. The van der Waals surface area contributed by atoms with Crippen molar-refractivity contribution in [2.75, 3.05) is 13.2 Å². The molecule has 0 aliphatic rings. The molecule has 0 saturated carbocycles. The first-order chi connectivity index (χ1) is 13.8. The highest BCUT2D eigenvalue weighted by atomic mass is 28.4. The van der Waals surface area contributed by atoms with Crippen molar-refractivity contribution in [1.82, 2.24) is 0 Å². The van der Waals surface area contributed by atoms with Gasteiger partial charge in [-0.2, -0.15) is 0 Å². The zero-order chi connectivity index (χ0) is 21.3. The molecule has 0 fully saturated rings. The topological polar surface area (TPSA) is 55.8 Å². The van der Waals surface area contributed by atoms with Crippen LogP contribution >= 0.6 is 0 Å². The Kier molecular flexibility index (Phi) is 8.62. The number of esters is 1. The molecule has 2 aromatic carbocycles. The van der Waals surface area contributed by atoms with Crippen molar-refractivity contribution in [2.24, 2.45) is 0 Å². The fourth-order valence-electron chi connectivity index (χ4n) is 3.75. The van der Waals surface area contributed by atoms with Crippen LogP contribution in [0.3, 0.4) is 0 Å². The van der Waals surface area contributed by atoms with Crippen molar-refractivity contribution < 1.29 is 19.1 Å². The van der Waals surface area contributed by atoms with E-state index >= 15 is 0 Å². The van der Waals surface area contributed by atoms with Crippen LogP contribution in [-0.4, -0.2) is 38.7 Å². The molecule has 0 bridgehead atoms. The van der Waals surface area contributed by atoms with Crippen molar-refractivity contribution in [2.45, 2.75) is 58.1 Å². The van der Waals surface area contributed by atoms with E-state index in [1.165, 1.54) is 0 Å². The fraction of sp³-hybridized carbons (Fsp3) is 0.458. The Morgan fingerprint density at radius 2 is 1.52 bits per heavy atom. The van der Waals surface area contributed by atoms with E-state index in [1.807, 2.05) is 43.3 Å². The van der Waals surface area contributed by atoms with E-state index in [9.17, 15) is 9.90 Å². The van der Waals surface area contributed by atoms with E-state index in [1.54, 1.807) is 0 Å². The molecule has 158 valence electrons. The van der Waals surface area contributed by atoms with Crippen molar-refractivity contribution in [3.8, 4) is 0 Å². The number of ether oxygens (including phenoxy) is 1. The Labute approximate surface area is 176 Å². The average molecular weight is 415 g/mol. The lowest BCUT2D eigenvalue weighted by molar-refractivity contribution is -0.145. The van der Waals surface area contributed by atoms with E-state index in [4.69, 9.17) is 9.16 Å². The molecule has 29 heavy (non-hydrogen) atoms. The fourth-order valence-corrected chi connectivity index (χ4v) is 8.46. The largest absolute Gasteiger partial charge is 0.466 e. The molecule has 2 rings (SSSR count). The minimum Gasteiger partial charge on any atom is -0.466 e. The third-order valence-electron chi connectivity index (χ3n) is 5.07. The number of rotatable bonds is 10. The summed E-state index contributed by atoms with van der Waals surface area (Å²) in [5.74, 6) is -0.275. The normalized spacial score (nSPS) is 13.1. The first-order valence-corrected chi connectivity index (χ1v) is 12.3. The molecule has 4 nitrogen and oxygen atoms in total. The SMILES string of the molecule is CCCOC(=O)CC(CCO)O[Si](c1ccccc1)(c1ccccc1)C(C)(C)C. The van der Waals surface area contributed by atoms with Crippen LogP contribution in [-0.2, 0) is 14.0 Å². The van der Waals surface area contributed by atoms with Gasteiger partial charge in [-0.05, 0) is 28.3 Å². The molecule has 1 atom stereocenters. The number of hydrogen-bond donors (Lipinski definition) is 1. The highest BCUT2D eigenvalue weighted by Gasteiger charge is 2.51. The van der Waals surface area contributed by atoms with Crippen molar-refractivity contribution in [3.63, 3.8) is 0 Å². The Balaban J connectivity index is 2.52. The average Bonchev–Trinajstić information content (AvgIpc) is 2.71. The van der Waals surface area contributed by atoms with Crippen LogP contribution in [0.25, 0.3) is 0 Å². The van der Waals surface area contributed by atoms with Crippen LogP contribution in [0.4, 0.5) is 0 Å². The maximum atomic E-state index is 12.3. The molecular weight excluding hydrogens is 380 g/mol. The monoisotopic (exact) mass is 414 g/mol. The van der Waals surface area contributed by atoms with E-state index in [2.05, 4.69) is 45.0 Å². The second-order valence-electron chi connectivity index (χ2n) is 8.34. The van der Waals surface area contributed by atoms with Crippen molar-refractivity contribution in [3.05, 3.63) is 60.7 Å². The van der Waals surface area contributed by atoms with Gasteiger partial charge in [-0.1, -0.05) is 88.4 Å². The Morgan fingerprint density at radius 3 is 1.93 bits per heavy atom. The van der Waals surface area contributed by atoms with Gasteiger partial charge < -0.3 is 14.3 Å². The van der Waals surface area contributed by atoms with Gasteiger partial charge >= 0.3 is 5.97 Å². The lowest BCUT2D eigenvalue weighted by Crippen LogP contribution is -2.67. The molecule has 1 N–H and O–H groups in total. The number of carbonyl (C=O) groups excluding carboxylic acids is 1. The number of hydrogen-bond acceptors (Lipinski definition) is 4.